The first kappa shape index (κ1) is 15.4. The van der Waals surface area contributed by atoms with Crippen LogP contribution in [-0.4, -0.2) is 43.8 Å². The summed E-state index contributed by atoms with van der Waals surface area (Å²) in [6.07, 6.45) is 0.438. The average Bonchev–Trinajstić information content (AvgIpc) is 2.91. The minimum absolute atomic E-state index is 0.132. The number of rotatable bonds is 6. The molecule has 2 rings (SSSR count). The predicted molar refractivity (Wildman–Crippen MR) is 76.7 cm³/mol. The summed E-state index contributed by atoms with van der Waals surface area (Å²) < 4.78 is 15.3. The van der Waals surface area contributed by atoms with Crippen molar-refractivity contribution in [1.29, 1.82) is 0 Å². The zero-order valence-corrected chi connectivity index (χ0v) is 12.1. The molecule has 3 N–H and O–H groups in total. The highest BCUT2D eigenvalue weighted by Gasteiger charge is 2.21. The second-order valence-electron chi connectivity index (χ2n) is 5.12. The van der Waals surface area contributed by atoms with Crippen LogP contribution in [0.1, 0.15) is 13.3 Å². The Morgan fingerprint density at radius 3 is 2.95 bits per heavy atom. The van der Waals surface area contributed by atoms with Crippen LogP contribution in [0.2, 0.25) is 0 Å². The van der Waals surface area contributed by atoms with E-state index >= 15 is 0 Å². The van der Waals surface area contributed by atoms with Crippen LogP contribution in [0.3, 0.4) is 0 Å². The fourth-order valence-corrected chi connectivity index (χ4v) is 1.83. The number of benzene rings is 1. The Labute approximate surface area is 123 Å². The van der Waals surface area contributed by atoms with Gasteiger partial charge >= 0.3 is 6.03 Å². The molecule has 0 aromatic heterocycles. The van der Waals surface area contributed by atoms with Crippen molar-refractivity contribution in [3.05, 3.63) is 18.2 Å². The van der Waals surface area contributed by atoms with Crippen LogP contribution in [0.4, 0.5) is 10.5 Å². The minimum atomic E-state index is -1.01. The third-order valence-electron chi connectivity index (χ3n) is 3.10. The Morgan fingerprint density at radius 2 is 2.19 bits per heavy atom. The molecule has 0 fully saturated rings. The molecule has 7 nitrogen and oxygen atoms in total. The van der Waals surface area contributed by atoms with Gasteiger partial charge in [-0.2, -0.15) is 0 Å². The fourth-order valence-electron chi connectivity index (χ4n) is 1.83. The Bertz CT molecular complexity index is 504. The van der Waals surface area contributed by atoms with Crippen molar-refractivity contribution < 1.29 is 24.1 Å². The lowest BCUT2D eigenvalue weighted by Crippen LogP contribution is -2.42. The van der Waals surface area contributed by atoms with Crippen molar-refractivity contribution >= 4 is 11.7 Å². The summed E-state index contributed by atoms with van der Waals surface area (Å²) in [5, 5.41) is 15.3. The first-order valence-corrected chi connectivity index (χ1v) is 6.66. The molecule has 0 saturated heterocycles. The second kappa shape index (κ2) is 6.64. The van der Waals surface area contributed by atoms with Crippen LogP contribution in [0.25, 0.3) is 0 Å². The van der Waals surface area contributed by atoms with Gasteiger partial charge in [0.1, 0.15) is 0 Å². The molecule has 0 radical (unpaired) electrons. The lowest BCUT2D eigenvalue weighted by atomic mass is 10.0. The van der Waals surface area contributed by atoms with Crippen molar-refractivity contribution in [1.82, 2.24) is 5.32 Å². The van der Waals surface area contributed by atoms with Crippen LogP contribution in [0, 0.1) is 0 Å². The van der Waals surface area contributed by atoms with Crippen molar-refractivity contribution in [3.8, 4) is 11.5 Å². The van der Waals surface area contributed by atoms with Gasteiger partial charge in [0, 0.05) is 38.4 Å². The number of aliphatic hydroxyl groups is 1. The Balaban J connectivity index is 1.82. The maximum atomic E-state index is 11.8. The van der Waals surface area contributed by atoms with Crippen molar-refractivity contribution in [2.75, 3.05) is 32.4 Å². The summed E-state index contributed by atoms with van der Waals surface area (Å²) in [6, 6.07) is 4.74. The van der Waals surface area contributed by atoms with Crippen molar-refractivity contribution in [3.63, 3.8) is 0 Å². The molecule has 0 saturated carbocycles. The van der Waals surface area contributed by atoms with Crippen LogP contribution in [0.15, 0.2) is 18.2 Å². The quantitative estimate of drug-likeness (QED) is 0.737. The highest BCUT2D eigenvalue weighted by atomic mass is 16.7. The van der Waals surface area contributed by atoms with E-state index in [-0.39, 0.29) is 13.3 Å². The second-order valence-corrected chi connectivity index (χ2v) is 5.12. The molecule has 0 spiro atoms. The average molecular weight is 296 g/mol. The smallest absolute Gasteiger partial charge is 0.319 e. The van der Waals surface area contributed by atoms with Crippen molar-refractivity contribution in [2.45, 2.75) is 18.9 Å². The Kier molecular flexibility index (Phi) is 4.87. The van der Waals surface area contributed by atoms with Gasteiger partial charge in [-0.1, -0.05) is 0 Å². The molecule has 0 bridgehead atoms. The monoisotopic (exact) mass is 296 g/mol. The van der Waals surface area contributed by atoms with Crippen molar-refractivity contribution in [2.24, 2.45) is 0 Å². The lowest BCUT2D eigenvalue weighted by Gasteiger charge is -2.23. The first-order valence-electron chi connectivity index (χ1n) is 6.66. The topological polar surface area (TPSA) is 89.1 Å². The number of hydrogen-bond donors (Lipinski definition) is 3. The van der Waals surface area contributed by atoms with Crippen LogP contribution < -0.4 is 20.1 Å². The molecule has 116 valence electrons. The number of amides is 2. The SMILES string of the molecule is COCCC(C)(O)CNC(=O)Nc1ccc2c(c1)OCO2. The number of anilines is 1. The Morgan fingerprint density at radius 1 is 1.43 bits per heavy atom. The maximum Gasteiger partial charge on any atom is 0.319 e. The summed E-state index contributed by atoms with van der Waals surface area (Å²) in [5.41, 5.74) is -0.421. The molecule has 1 heterocycles. The predicted octanol–water partition coefficient (Wildman–Crippen LogP) is 1.32. The normalized spacial score (nSPS) is 15.4. The molecule has 1 aromatic carbocycles. The van der Waals surface area contributed by atoms with Gasteiger partial charge in [-0.05, 0) is 19.1 Å². The highest BCUT2D eigenvalue weighted by molar-refractivity contribution is 5.89. The highest BCUT2D eigenvalue weighted by Crippen LogP contribution is 2.34. The number of carbonyl (C=O) groups is 1. The Hall–Kier alpha value is -1.99. The standard InChI is InChI=1S/C14H20N2O5/c1-14(18,5-6-19-2)8-15-13(17)16-10-3-4-11-12(7-10)21-9-20-11/h3-4,7,18H,5-6,8-9H2,1-2H3,(H2,15,16,17). The third kappa shape index (κ3) is 4.51. The molecular weight excluding hydrogens is 276 g/mol. The van der Waals surface area contributed by atoms with Crippen LogP contribution in [-0.2, 0) is 4.74 Å². The fraction of sp³-hybridized carbons (Fsp3) is 0.500. The van der Waals surface area contributed by atoms with Gasteiger partial charge in [-0.25, -0.2) is 4.79 Å². The van der Waals surface area contributed by atoms with E-state index in [0.717, 1.165) is 0 Å². The number of fused-ring (bicyclic) bond motifs is 1. The van der Waals surface area contributed by atoms with Gasteiger partial charge in [0.25, 0.3) is 0 Å². The van der Waals surface area contributed by atoms with E-state index in [9.17, 15) is 9.90 Å². The first-order chi connectivity index (χ1) is 10.00. The van der Waals surface area contributed by atoms with Crippen LogP contribution >= 0.6 is 0 Å². The summed E-state index contributed by atoms with van der Waals surface area (Å²) in [4.78, 5) is 11.8. The third-order valence-corrected chi connectivity index (χ3v) is 3.10. The number of hydrogen-bond acceptors (Lipinski definition) is 5. The largest absolute Gasteiger partial charge is 0.454 e. The van der Waals surface area contributed by atoms with E-state index in [1.54, 1.807) is 32.2 Å². The summed E-state index contributed by atoms with van der Waals surface area (Å²) in [6.45, 7) is 2.39. The number of methoxy groups -OCH3 is 1. The minimum Gasteiger partial charge on any atom is -0.454 e. The molecule has 1 aliphatic heterocycles. The van der Waals surface area contributed by atoms with Gasteiger partial charge in [0.2, 0.25) is 6.79 Å². The van der Waals surface area contributed by atoms with E-state index in [2.05, 4.69) is 10.6 Å². The molecule has 2 amide bonds. The van der Waals surface area contributed by atoms with E-state index in [1.165, 1.54) is 0 Å². The molecular formula is C14H20N2O5. The molecule has 0 aliphatic carbocycles. The van der Waals surface area contributed by atoms with E-state index in [4.69, 9.17) is 14.2 Å². The summed E-state index contributed by atoms with van der Waals surface area (Å²) in [7, 11) is 1.57. The van der Waals surface area contributed by atoms with Gasteiger partial charge < -0.3 is 30.0 Å². The zero-order chi connectivity index (χ0) is 15.3. The van der Waals surface area contributed by atoms with Gasteiger partial charge in [-0.3, -0.25) is 0 Å². The molecule has 1 aromatic rings. The summed E-state index contributed by atoms with van der Waals surface area (Å²) in [5.74, 6) is 1.25. The molecule has 1 unspecified atom stereocenters. The number of urea groups is 1. The van der Waals surface area contributed by atoms with E-state index in [1.807, 2.05) is 0 Å². The number of carbonyl (C=O) groups excluding carboxylic acids is 1. The van der Waals surface area contributed by atoms with Crippen LogP contribution in [0.5, 0.6) is 11.5 Å². The molecule has 21 heavy (non-hydrogen) atoms. The lowest BCUT2D eigenvalue weighted by molar-refractivity contribution is 0.0273. The number of ether oxygens (including phenoxy) is 3. The molecule has 1 aliphatic rings. The zero-order valence-electron chi connectivity index (χ0n) is 12.1. The molecule has 1 atom stereocenters. The summed E-state index contributed by atoms with van der Waals surface area (Å²) >= 11 is 0. The maximum absolute atomic E-state index is 11.8. The van der Waals surface area contributed by atoms with Gasteiger partial charge in [0.15, 0.2) is 11.5 Å². The molecule has 7 heteroatoms. The van der Waals surface area contributed by atoms with E-state index in [0.29, 0.717) is 30.2 Å². The van der Waals surface area contributed by atoms with Gasteiger partial charge in [-0.15, -0.1) is 0 Å². The van der Waals surface area contributed by atoms with E-state index < -0.39 is 11.6 Å². The number of nitrogens with one attached hydrogen (secondary N) is 2. The van der Waals surface area contributed by atoms with Gasteiger partial charge in [0.05, 0.1) is 5.60 Å².